The van der Waals surface area contributed by atoms with Gasteiger partial charge in [-0.25, -0.2) is 0 Å². The molecule has 0 saturated heterocycles. The summed E-state index contributed by atoms with van der Waals surface area (Å²) in [5.41, 5.74) is -6.63. The van der Waals surface area contributed by atoms with Crippen LogP contribution >= 0.6 is 0 Å². The molecular weight excluding hydrogens is 226 g/mol. The van der Waals surface area contributed by atoms with Crippen molar-refractivity contribution < 1.29 is 39.0 Å². The van der Waals surface area contributed by atoms with Crippen LogP contribution in [-0.4, -0.2) is 35.6 Å². The Morgan fingerprint density at radius 1 is 1.67 bits per heavy atom. The Morgan fingerprint density at radius 3 is 3.28 bits per heavy atom. The molecule has 0 aromatic heterocycles. The highest BCUT2D eigenvalue weighted by Gasteiger charge is 2.40. The number of phenols is 1. The Kier molecular flexibility index (Phi) is 0.834. The zero-order chi connectivity index (χ0) is 31.5. The van der Waals surface area contributed by atoms with Crippen LogP contribution in [0, 0.1) is 5.89 Å². The van der Waals surface area contributed by atoms with E-state index in [4.69, 9.17) is 28.8 Å². The summed E-state index contributed by atoms with van der Waals surface area (Å²) in [5.74, 6) is -6.46. The average molecular weight is 270 g/mol. The van der Waals surface area contributed by atoms with Gasteiger partial charge in [-0.3, -0.25) is 0 Å². The Bertz CT molecular complexity index is 1130. The molecule has 0 amide bonds. The molecule has 18 heavy (non-hydrogen) atoms. The lowest BCUT2D eigenvalue weighted by molar-refractivity contribution is -0.0619. The van der Waals surface area contributed by atoms with Crippen LogP contribution in [0.2, 0.25) is 0 Å². The minimum atomic E-state index is -4.86. The maximum atomic E-state index is 12.0. The van der Waals surface area contributed by atoms with Crippen LogP contribution in [-0.2, 0) is 5.60 Å². The zero-order valence-electron chi connectivity index (χ0n) is 29.8. The van der Waals surface area contributed by atoms with E-state index in [9.17, 15) is 10.2 Å². The standard InChI is InChI=1S/C15H23NO2/c1-16(2)11-13-6-3-4-9-15(13,18)12-7-5-8-14(17)10-12/h5,7-8,10,13,17-18H,3-4,6,9,11H2,1-2H3/t13-,15+/m1/s1/i1D3,2D3,3D2,4D2,5D,6D2,7D,8D,9D2,10D,11D2,13D. The number of hydrogen-bond acceptors (Lipinski definition) is 3. The summed E-state index contributed by atoms with van der Waals surface area (Å²) < 4.78 is 169. The van der Waals surface area contributed by atoms with E-state index in [2.05, 4.69) is 0 Å². The quantitative estimate of drug-likeness (QED) is 0.886. The second-order valence-electron chi connectivity index (χ2n) is 3.26. The van der Waals surface area contributed by atoms with Gasteiger partial charge in [0.1, 0.15) is 5.75 Å². The summed E-state index contributed by atoms with van der Waals surface area (Å²) in [4.78, 5) is -1.11. The van der Waals surface area contributed by atoms with Gasteiger partial charge in [-0.2, -0.15) is 0 Å². The van der Waals surface area contributed by atoms with Crippen LogP contribution < -0.4 is 0 Å². The van der Waals surface area contributed by atoms with Gasteiger partial charge in [-0.1, -0.05) is 24.8 Å². The van der Waals surface area contributed by atoms with Gasteiger partial charge in [-0.15, -0.1) is 0 Å². The van der Waals surface area contributed by atoms with Crippen molar-refractivity contribution in [3.05, 3.63) is 29.7 Å². The van der Waals surface area contributed by atoms with Crippen LogP contribution in [0.25, 0.3) is 0 Å². The fraction of sp³-hybridized carbons (Fsp3) is 0.600. The maximum absolute atomic E-state index is 12.0. The topological polar surface area (TPSA) is 43.7 Å². The summed E-state index contributed by atoms with van der Waals surface area (Å²) >= 11 is 0. The summed E-state index contributed by atoms with van der Waals surface area (Å²) in [6, 6.07) is -6.03. The molecule has 0 aliphatic heterocycles. The lowest BCUT2D eigenvalue weighted by Gasteiger charge is -2.41. The van der Waals surface area contributed by atoms with E-state index in [1.54, 1.807) is 0 Å². The van der Waals surface area contributed by atoms with Crippen molar-refractivity contribution in [2.45, 2.75) is 31.1 Å². The van der Waals surface area contributed by atoms with Gasteiger partial charge in [0.05, 0.1) is 11.1 Å². The van der Waals surface area contributed by atoms with Crippen LogP contribution in [0.15, 0.2) is 24.2 Å². The van der Waals surface area contributed by atoms with E-state index in [1.807, 2.05) is 0 Å². The first-order valence-electron chi connectivity index (χ1n) is 15.1. The van der Waals surface area contributed by atoms with Gasteiger partial charge < -0.3 is 15.1 Å². The van der Waals surface area contributed by atoms with E-state index in [0.717, 1.165) is 0 Å². The molecule has 1 saturated carbocycles. The monoisotopic (exact) mass is 270 g/mol. The maximum Gasteiger partial charge on any atom is 0.115 e. The third-order valence-electron chi connectivity index (χ3n) is 2.05. The van der Waals surface area contributed by atoms with Crippen LogP contribution in [0.5, 0.6) is 5.75 Å². The largest absolute Gasteiger partial charge is 0.508 e. The SMILES string of the molecule is [2H]c1c([2H])c(O)c([2H])c([C@@]2(O)C([2H])([2H])C([2H])([2H])C([2H])([2H])C([2H])([2H])[C@]2([2H])C([2H])([2H])N(C([2H])([2H])[2H])C([2H])([2H])[2H])c1[2H]. The van der Waals surface area contributed by atoms with Crippen molar-refractivity contribution in [3.63, 3.8) is 0 Å². The molecule has 0 radical (unpaired) electrons. The Balaban J connectivity index is 3.44. The fourth-order valence-corrected chi connectivity index (χ4v) is 1.29. The predicted molar refractivity (Wildman–Crippen MR) is 72.5 cm³/mol. The van der Waals surface area contributed by atoms with Crippen LogP contribution in [0.3, 0.4) is 0 Å². The number of rotatable bonds is 3. The number of hydrogen-bond donors (Lipinski definition) is 2. The molecule has 1 aliphatic rings. The number of aromatic hydroxyl groups is 1. The summed E-state index contributed by atoms with van der Waals surface area (Å²) in [6.45, 7) is -13.0. The van der Waals surface area contributed by atoms with Crippen molar-refractivity contribution >= 4 is 0 Å². The highest BCUT2D eigenvalue weighted by Crippen LogP contribution is 2.42. The van der Waals surface area contributed by atoms with Crippen LogP contribution in [0.1, 0.15) is 59.8 Å². The highest BCUT2D eigenvalue weighted by molar-refractivity contribution is 5.32. The minimum absolute atomic E-state index is 1.11. The molecular formula is C15H23NO2. The third-order valence-corrected chi connectivity index (χ3v) is 2.05. The number of benzene rings is 1. The summed E-state index contributed by atoms with van der Waals surface area (Å²) in [6.07, 6.45) is -17.8. The minimum Gasteiger partial charge on any atom is -0.508 e. The van der Waals surface area contributed by atoms with Gasteiger partial charge in [0.15, 0.2) is 0 Å². The van der Waals surface area contributed by atoms with Crippen molar-refractivity contribution in [2.75, 3.05) is 20.4 Å². The first-order valence-corrected chi connectivity index (χ1v) is 4.62. The molecule has 1 fully saturated rings. The lowest BCUT2D eigenvalue weighted by atomic mass is 9.71. The molecule has 0 heterocycles. The second kappa shape index (κ2) is 5.29. The van der Waals surface area contributed by atoms with Crippen molar-refractivity contribution in [3.8, 4) is 5.75 Å². The molecule has 2 N–H and O–H groups in total. The van der Waals surface area contributed by atoms with Gasteiger partial charge in [0.2, 0.25) is 0 Å². The molecule has 0 spiro atoms. The van der Waals surface area contributed by atoms with Crippen molar-refractivity contribution in [1.82, 2.24) is 4.90 Å². The van der Waals surface area contributed by atoms with E-state index >= 15 is 0 Å². The number of phenolic OH excluding ortho intramolecular Hbond substituents is 1. The van der Waals surface area contributed by atoms with E-state index < -0.39 is 97.8 Å². The molecule has 2 atom stereocenters. The summed E-state index contributed by atoms with van der Waals surface area (Å²) in [5, 5.41) is 22.2. The molecule has 2 rings (SSSR count). The van der Waals surface area contributed by atoms with Gasteiger partial charge >= 0.3 is 0 Å². The number of nitrogens with zero attached hydrogens (tertiary/aromatic N) is 1. The molecule has 1 aliphatic carbocycles. The van der Waals surface area contributed by atoms with Gasteiger partial charge in [0.25, 0.3) is 0 Å². The molecule has 1 aromatic carbocycles. The predicted octanol–water partition coefficient (Wildman–Crippen LogP) is 2.33. The first kappa shape index (κ1) is 2.84. The molecule has 100 valence electrons. The molecule has 0 bridgehead atoms. The Labute approximate surface area is 139 Å². The summed E-state index contributed by atoms with van der Waals surface area (Å²) in [7, 11) is 0. The third kappa shape index (κ3) is 2.68. The molecule has 1 aromatic rings. The Hall–Kier alpha value is -1.06. The first-order chi connectivity index (χ1) is 16.8. The zero-order valence-corrected chi connectivity index (χ0v) is 8.84. The van der Waals surface area contributed by atoms with Gasteiger partial charge in [-0.05, 0) is 44.3 Å². The smallest absolute Gasteiger partial charge is 0.115 e. The van der Waals surface area contributed by atoms with Gasteiger partial charge in [0, 0.05) is 35.7 Å². The number of aliphatic hydroxyl groups is 1. The van der Waals surface area contributed by atoms with Crippen LogP contribution in [0.4, 0.5) is 0 Å². The fourth-order valence-electron chi connectivity index (χ4n) is 1.29. The highest BCUT2D eigenvalue weighted by atomic mass is 16.3. The van der Waals surface area contributed by atoms with E-state index in [1.165, 1.54) is 0 Å². The Morgan fingerprint density at radius 2 is 2.50 bits per heavy atom. The van der Waals surface area contributed by atoms with Crippen molar-refractivity contribution in [1.29, 1.82) is 0 Å². The average Bonchev–Trinajstić information content (AvgIpc) is 2.71. The second-order valence-corrected chi connectivity index (χ2v) is 3.26. The molecule has 0 unspecified atom stereocenters. The van der Waals surface area contributed by atoms with Crippen molar-refractivity contribution in [2.24, 2.45) is 5.89 Å². The lowest BCUT2D eigenvalue weighted by Crippen LogP contribution is -2.43. The normalized spacial score (nSPS) is 63.1. The molecule has 3 heteroatoms. The molecule has 3 nitrogen and oxygen atoms in total. The van der Waals surface area contributed by atoms with E-state index in [-0.39, 0.29) is 0 Å². The van der Waals surface area contributed by atoms with E-state index in [0.29, 0.717) is 0 Å².